The topological polar surface area (TPSA) is 40.2 Å². The standard InChI is InChI=1S/C16H20N2S/c1-9-6-7-12-11(8-9)15(17)14-10-4-2-3-5-13(10)19-16(14)18-12/h9H,2-8H2,1H3,(H2,17,18)/p+1/t9-/m1/s1. The average Bonchev–Trinajstić information content (AvgIpc) is 2.78. The Balaban J connectivity index is 1.99. The number of fused-ring (bicyclic) bond motifs is 4. The molecule has 2 heterocycles. The van der Waals surface area contributed by atoms with Gasteiger partial charge in [-0.2, -0.15) is 4.98 Å². The van der Waals surface area contributed by atoms with E-state index in [1.807, 2.05) is 11.3 Å². The summed E-state index contributed by atoms with van der Waals surface area (Å²) >= 11 is 1.95. The van der Waals surface area contributed by atoms with Gasteiger partial charge in [-0.25, -0.2) is 0 Å². The number of H-pyrrole nitrogens is 1. The van der Waals surface area contributed by atoms with Crippen LogP contribution in [0.1, 0.15) is 47.9 Å². The molecule has 0 amide bonds. The van der Waals surface area contributed by atoms with Gasteiger partial charge in [-0.15, -0.1) is 0 Å². The second kappa shape index (κ2) is 4.20. The Labute approximate surface area is 118 Å². The third kappa shape index (κ3) is 1.71. The van der Waals surface area contributed by atoms with E-state index in [4.69, 9.17) is 5.73 Å². The summed E-state index contributed by atoms with van der Waals surface area (Å²) in [6.07, 6.45) is 8.75. The van der Waals surface area contributed by atoms with E-state index in [0.29, 0.717) is 0 Å². The summed E-state index contributed by atoms with van der Waals surface area (Å²) in [5, 5.41) is 1.37. The SMILES string of the molecule is C[C@@H]1CCc2[nH+]c3sc4c(c3c(N)c2C1)CCCC4. The molecule has 0 aliphatic heterocycles. The fourth-order valence-electron chi connectivity index (χ4n) is 3.75. The van der Waals surface area contributed by atoms with Crippen LogP contribution in [0.4, 0.5) is 5.69 Å². The molecule has 4 rings (SSSR count). The van der Waals surface area contributed by atoms with E-state index in [9.17, 15) is 0 Å². The molecule has 3 N–H and O–H groups in total. The molecule has 0 bridgehead atoms. The number of rotatable bonds is 0. The van der Waals surface area contributed by atoms with Crippen molar-refractivity contribution in [3.8, 4) is 0 Å². The van der Waals surface area contributed by atoms with Gasteiger partial charge in [0.25, 0.3) is 4.83 Å². The largest absolute Gasteiger partial charge is 0.398 e. The first-order valence-corrected chi connectivity index (χ1v) is 8.32. The molecule has 0 fully saturated rings. The average molecular weight is 273 g/mol. The highest BCUT2D eigenvalue weighted by Crippen LogP contribution is 2.40. The third-order valence-electron chi connectivity index (χ3n) is 4.83. The summed E-state index contributed by atoms with van der Waals surface area (Å²) in [6, 6.07) is 0. The van der Waals surface area contributed by atoms with Crippen LogP contribution in [0.15, 0.2) is 0 Å². The van der Waals surface area contributed by atoms with Crippen molar-refractivity contribution in [3.63, 3.8) is 0 Å². The van der Waals surface area contributed by atoms with Crippen LogP contribution in [0.2, 0.25) is 0 Å². The van der Waals surface area contributed by atoms with Crippen molar-refractivity contribution in [3.05, 3.63) is 21.7 Å². The number of nitrogens with one attached hydrogen (secondary N) is 1. The number of thiophene rings is 1. The number of anilines is 1. The Bertz CT molecular complexity index is 657. The van der Waals surface area contributed by atoms with E-state index in [1.165, 1.54) is 60.0 Å². The number of pyridine rings is 1. The minimum Gasteiger partial charge on any atom is -0.398 e. The quantitative estimate of drug-likeness (QED) is 0.786. The predicted molar refractivity (Wildman–Crippen MR) is 80.6 cm³/mol. The fraction of sp³-hybridized carbons (Fsp3) is 0.562. The predicted octanol–water partition coefficient (Wildman–Crippen LogP) is 3.30. The monoisotopic (exact) mass is 273 g/mol. The molecule has 3 heteroatoms. The van der Waals surface area contributed by atoms with Gasteiger partial charge in [0, 0.05) is 16.9 Å². The lowest BCUT2D eigenvalue weighted by Crippen LogP contribution is -2.23. The molecule has 0 saturated carbocycles. The number of hydrogen-bond donors (Lipinski definition) is 1. The van der Waals surface area contributed by atoms with Crippen LogP contribution >= 0.6 is 11.3 Å². The molecule has 2 aromatic rings. The molecular weight excluding hydrogens is 252 g/mol. The van der Waals surface area contributed by atoms with Crippen molar-refractivity contribution in [2.45, 2.75) is 51.9 Å². The molecular formula is C16H21N2S+. The van der Waals surface area contributed by atoms with Crippen LogP contribution in [-0.4, -0.2) is 0 Å². The third-order valence-corrected chi connectivity index (χ3v) is 6.04. The summed E-state index contributed by atoms with van der Waals surface area (Å²) in [6.45, 7) is 2.34. The highest BCUT2D eigenvalue weighted by atomic mass is 32.1. The number of aromatic nitrogens is 1. The molecule has 2 aliphatic carbocycles. The maximum atomic E-state index is 6.56. The zero-order valence-corrected chi connectivity index (χ0v) is 12.3. The van der Waals surface area contributed by atoms with Crippen LogP contribution in [0.25, 0.3) is 10.2 Å². The van der Waals surface area contributed by atoms with E-state index in [0.717, 1.165) is 18.0 Å². The molecule has 0 radical (unpaired) electrons. The molecule has 100 valence electrons. The van der Waals surface area contributed by atoms with Crippen LogP contribution < -0.4 is 10.7 Å². The molecule has 2 nitrogen and oxygen atoms in total. The number of nitrogens with two attached hydrogens (primary N) is 1. The van der Waals surface area contributed by atoms with E-state index in [-0.39, 0.29) is 0 Å². The normalized spacial score (nSPS) is 22.3. The van der Waals surface area contributed by atoms with Gasteiger partial charge in [-0.3, -0.25) is 0 Å². The first-order valence-electron chi connectivity index (χ1n) is 7.50. The van der Waals surface area contributed by atoms with Crippen LogP contribution in [0, 0.1) is 5.92 Å². The van der Waals surface area contributed by atoms with Gasteiger partial charge in [0.05, 0.1) is 11.1 Å². The summed E-state index contributed by atoms with van der Waals surface area (Å²) in [4.78, 5) is 6.62. The molecule has 1 atom stereocenters. The minimum absolute atomic E-state index is 0.773. The minimum atomic E-state index is 0.773. The van der Waals surface area contributed by atoms with Gasteiger partial charge in [0.15, 0.2) is 5.69 Å². The van der Waals surface area contributed by atoms with Crippen molar-refractivity contribution in [1.29, 1.82) is 0 Å². The van der Waals surface area contributed by atoms with Crippen LogP contribution in [0.5, 0.6) is 0 Å². The van der Waals surface area contributed by atoms with E-state index in [1.54, 1.807) is 10.4 Å². The summed E-state index contributed by atoms with van der Waals surface area (Å²) in [7, 11) is 0. The van der Waals surface area contributed by atoms with Gasteiger partial charge in [0.2, 0.25) is 0 Å². The van der Waals surface area contributed by atoms with E-state index >= 15 is 0 Å². The van der Waals surface area contributed by atoms with Crippen molar-refractivity contribution >= 4 is 27.2 Å². The summed E-state index contributed by atoms with van der Waals surface area (Å²) in [5.41, 5.74) is 12.0. The highest BCUT2D eigenvalue weighted by molar-refractivity contribution is 7.18. The Morgan fingerprint density at radius 3 is 2.89 bits per heavy atom. The number of hydrogen-bond acceptors (Lipinski definition) is 2. The lowest BCUT2D eigenvalue weighted by atomic mass is 9.85. The summed E-state index contributed by atoms with van der Waals surface area (Å²) < 4.78 is 0. The maximum absolute atomic E-state index is 6.56. The highest BCUT2D eigenvalue weighted by Gasteiger charge is 2.29. The molecule has 19 heavy (non-hydrogen) atoms. The Morgan fingerprint density at radius 2 is 2.00 bits per heavy atom. The zero-order chi connectivity index (χ0) is 13.0. The fourth-order valence-corrected chi connectivity index (χ4v) is 5.08. The van der Waals surface area contributed by atoms with Gasteiger partial charge in [-0.05, 0) is 50.0 Å². The Morgan fingerprint density at radius 1 is 1.16 bits per heavy atom. The van der Waals surface area contributed by atoms with Crippen molar-refractivity contribution in [2.24, 2.45) is 5.92 Å². The number of nitrogen functional groups attached to an aromatic ring is 1. The van der Waals surface area contributed by atoms with Gasteiger partial charge >= 0.3 is 0 Å². The van der Waals surface area contributed by atoms with Gasteiger partial charge in [0.1, 0.15) is 0 Å². The van der Waals surface area contributed by atoms with Crippen molar-refractivity contribution < 1.29 is 4.98 Å². The lowest BCUT2D eigenvalue weighted by Gasteiger charge is -2.19. The molecule has 0 saturated heterocycles. The van der Waals surface area contributed by atoms with Gasteiger partial charge < -0.3 is 5.73 Å². The zero-order valence-electron chi connectivity index (χ0n) is 11.5. The molecule has 0 spiro atoms. The molecule has 0 aromatic carbocycles. The molecule has 2 aromatic heterocycles. The molecule has 2 aliphatic rings. The first kappa shape index (κ1) is 11.7. The molecule has 0 unspecified atom stereocenters. The maximum Gasteiger partial charge on any atom is 0.270 e. The van der Waals surface area contributed by atoms with E-state index < -0.39 is 0 Å². The van der Waals surface area contributed by atoms with Crippen LogP contribution in [0.3, 0.4) is 0 Å². The first-order chi connectivity index (χ1) is 9.24. The number of aryl methyl sites for hydroxylation is 3. The second-order valence-electron chi connectivity index (χ2n) is 6.26. The van der Waals surface area contributed by atoms with Crippen molar-refractivity contribution in [1.82, 2.24) is 0 Å². The van der Waals surface area contributed by atoms with E-state index in [2.05, 4.69) is 11.9 Å². The second-order valence-corrected chi connectivity index (χ2v) is 7.36. The van der Waals surface area contributed by atoms with Crippen LogP contribution in [-0.2, 0) is 25.7 Å². The lowest BCUT2D eigenvalue weighted by molar-refractivity contribution is -0.356. The Hall–Kier alpha value is -1.09. The smallest absolute Gasteiger partial charge is 0.270 e. The number of aromatic amines is 1. The van der Waals surface area contributed by atoms with Gasteiger partial charge in [-0.1, -0.05) is 18.3 Å². The van der Waals surface area contributed by atoms with Crippen molar-refractivity contribution in [2.75, 3.05) is 5.73 Å². The Kier molecular flexibility index (Phi) is 2.59. The summed E-state index contributed by atoms with van der Waals surface area (Å²) in [5.74, 6) is 0.773.